The van der Waals surface area contributed by atoms with E-state index in [0.29, 0.717) is 5.35 Å². The lowest BCUT2D eigenvalue weighted by Crippen LogP contribution is -2.29. The molecular weight excluding hydrogens is 184 g/mol. The lowest BCUT2D eigenvalue weighted by Gasteiger charge is -2.02. The van der Waals surface area contributed by atoms with Crippen LogP contribution in [0.4, 0.5) is 0 Å². The van der Waals surface area contributed by atoms with E-state index in [9.17, 15) is 0 Å². The van der Waals surface area contributed by atoms with Gasteiger partial charge in [0.1, 0.15) is 5.82 Å². The highest BCUT2D eigenvalue weighted by molar-refractivity contribution is 5.59. The topological polar surface area (TPSA) is 25.8 Å². The van der Waals surface area contributed by atoms with E-state index in [2.05, 4.69) is 23.1 Å². The number of aromatic nitrogens is 2. The van der Waals surface area contributed by atoms with Crippen LogP contribution in [0.2, 0.25) is 0 Å². The van der Waals surface area contributed by atoms with Crippen LogP contribution in [0.1, 0.15) is 5.82 Å². The van der Waals surface area contributed by atoms with Gasteiger partial charge in [-0.05, 0) is 6.92 Å². The molecule has 0 N–H and O–H groups in total. The maximum Gasteiger partial charge on any atom is 0.126 e. The van der Waals surface area contributed by atoms with Gasteiger partial charge in [0.15, 0.2) is 0 Å². The van der Waals surface area contributed by atoms with Crippen LogP contribution in [0.25, 0.3) is 24.4 Å². The largest absolute Gasteiger partial charge is 0.234 e. The molecule has 2 aromatic rings. The van der Waals surface area contributed by atoms with Crippen molar-refractivity contribution < 1.29 is 0 Å². The summed E-state index contributed by atoms with van der Waals surface area (Å²) in [6.45, 7) is 9.67. The fourth-order valence-electron chi connectivity index (χ4n) is 1.49. The van der Waals surface area contributed by atoms with E-state index in [0.717, 1.165) is 22.3 Å². The second-order valence-electron chi connectivity index (χ2n) is 3.41. The molecule has 0 amide bonds. The summed E-state index contributed by atoms with van der Waals surface area (Å²) in [5.74, 6) is 0.728. The highest BCUT2D eigenvalue weighted by Crippen LogP contribution is 2.10. The zero-order valence-corrected chi connectivity index (χ0v) is 8.70. The van der Waals surface area contributed by atoms with Crippen molar-refractivity contribution in [2.24, 2.45) is 0 Å². The molecule has 0 bridgehead atoms. The lowest BCUT2D eigenvalue weighted by molar-refractivity contribution is 1.02. The molecule has 0 aliphatic rings. The molecule has 0 radical (unpaired) electrons. The molecule has 0 fully saturated rings. The van der Waals surface area contributed by atoms with Gasteiger partial charge in [-0.15, -0.1) is 0 Å². The summed E-state index contributed by atoms with van der Waals surface area (Å²) >= 11 is 0. The van der Waals surface area contributed by atoms with Gasteiger partial charge in [0.05, 0.1) is 11.0 Å². The van der Waals surface area contributed by atoms with E-state index in [1.807, 2.05) is 37.3 Å². The first-order valence-electron chi connectivity index (χ1n) is 4.76. The number of hydrogen-bond donors (Lipinski definition) is 0. The quantitative estimate of drug-likeness (QED) is 0.686. The maximum atomic E-state index is 4.39. The van der Waals surface area contributed by atoms with Crippen molar-refractivity contribution in [3.05, 3.63) is 46.7 Å². The molecule has 1 aromatic carbocycles. The molecule has 0 saturated heterocycles. The van der Waals surface area contributed by atoms with E-state index in [4.69, 9.17) is 0 Å². The van der Waals surface area contributed by atoms with E-state index in [1.165, 1.54) is 0 Å². The monoisotopic (exact) mass is 196 g/mol. The summed E-state index contributed by atoms with van der Waals surface area (Å²) in [6, 6.07) is 9.96. The molecule has 0 aliphatic carbocycles. The Morgan fingerprint density at radius 3 is 2.33 bits per heavy atom. The summed E-state index contributed by atoms with van der Waals surface area (Å²) in [5.41, 5.74) is 1.92. The van der Waals surface area contributed by atoms with Crippen LogP contribution < -0.4 is 10.6 Å². The number of rotatable bonds is 1. The number of aryl methyl sites for hydroxylation is 1. The zero-order valence-electron chi connectivity index (χ0n) is 8.70. The smallest absolute Gasteiger partial charge is 0.126 e. The number of hydrogen-bond acceptors (Lipinski definition) is 2. The van der Waals surface area contributed by atoms with Crippen LogP contribution in [0, 0.1) is 6.92 Å². The lowest BCUT2D eigenvalue weighted by atomic mass is 10.1. The standard InChI is InChI=1S/C13H12N2/c1-9-10(2)14-11(3)15-13(9)12-7-5-4-6-8-12/h4-8H,1-2H2,3H3. The Kier molecular flexibility index (Phi) is 2.34. The SMILES string of the molecule is C=c1nc(C)nc(-c2ccccc2)c1=C. The normalized spacial score (nSPS) is 10.2. The fourth-order valence-corrected chi connectivity index (χ4v) is 1.49. The van der Waals surface area contributed by atoms with Crippen LogP contribution in [0.3, 0.4) is 0 Å². The summed E-state index contributed by atoms with van der Waals surface area (Å²) < 4.78 is 0. The predicted octanol–water partition coefficient (Wildman–Crippen LogP) is 1.27. The Morgan fingerprint density at radius 1 is 1.00 bits per heavy atom. The van der Waals surface area contributed by atoms with Crippen molar-refractivity contribution in [2.75, 3.05) is 0 Å². The molecular formula is C13H12N2. The molecule has 2 rings (SSSR count). The average molecular weight is 196 g/mol. The maximum absolute atomic E-state index is 4.39. The van der Waals surface area contributed by atoms with Gasteiger partial charge in [0, 0.05) is 10.8 Å². The Bertz CT molecular complexity index is 573. The van der Waals surface area contributed by atoms with Gasteiger partial charge in [0.2, 0.25) is 0 Å². The minimum atomic E-state index is 0.696. The second-order valence-corrected chi connectivity index (χ2v) is 3.41. The molecule has 1 aromatic heterocycles. The first-order chi connectivity index (χ1) is 7.18. The summed E-state index contributed by atoms with van der Waals surface area (Å²) in [7, 11) is 0. The van der Waals surface area contributed by atoms with Gasteiger partial charge in [-0.2, -0.15) is 0 Å². The van der Waals surface area contributed by atoms with E-state index in [1.54, 1.807) is 0 Å². The van der Waals surface area contributed by atoms with Crippen LogP contribution in [0.15, 0.2) is 30.3 Å². The Labute approximate surface area is 88.6 Å². The van der Waals surface area contributed by atoms with Crippen molar-refractivity contribution in [3.8, 4) is 11.3 Å². The van der Waals surface area contributed by atoms with E-state index < -0.39 is 0 Å². The summed E-state index contributed by atoms with van der Waals surface area (Å²) in [6.07, 6.45) is 0. The molecule has 15 heavy (non-hydrogen) atoms. The van der Waals surface area contributed by atoms with Crippen molar-refractivity contribution in [1.29, 1.82) is 0 Å². The van der Waals surface area contributed by atoms with Crippen LogP contribution in [-0.4, -0.2) is 9.97 Å². The minimum absolute atomic E-state index is 0.696. The number of nitrogens with zero attached hydrogens (tertiary/aromatic N) is 2. The van der Waals surface area contributed by atoms with Gasteiger partial charge < -0.3 is 0 Å². The van der Waals surface area contributed by atoms with Gasteiger partial charge >= 0.3 is 0 Å². The Balaban J connectivity index is 2.74. The highest BCUT2D eigenvalue weighted by atomic mass is 14.9. The van der Waals surface area contributed by atoms with Crippen molar-refractivity contribution in [3.63, 3.8) is 0 Å². The third kappa shape index (κ3) is 1.79. The van der Waals surface area contributed by atoms with Gasteiger partial charge in [-0.3, -0.25) is 0 Å². The first kappa shape index (κ1) is 9.59. The molecule has 1 heterocycles. The van der Waals surface area contributed by atoms with Crippen molar-refractivity contribution in [1.82, 2.24) is 9.97 Å². The molecule has 2 heteroatoms. The minimum Gasteiger partial charge on any atom is -0.234 e. The molecule has 0 saturated carbocycles. The van der Waals surface area contributed by atoms with Gasteiger partial charge in [0.25, 0.3) is 0 Å². The van der Waals surface area contributed by atoms with Crippen molar-refractivity contribution >= 4 is 13.2 Å². The number of benzene rings is 1. The van der Waals surface area contributed by atoms with Crippen LogP contribution in [0.5, 0.6) is 0 Å². The molecule has 0 unspecified atom stereocenters. The summed E-state index contributed by atoms with van der Waals surface area (Å²) in [5, 5.41) is 1.49. The third-order valence-corrected chi connectivity index (χ3v) is 2.25. The zero-order chi connectivity index (χ0) is 10.8. The summed E-state index contributed by atoms with van der Waals surface area (Å²) in [4.78, 5) is 8.56. The van der Waals surface area contributed by atoms with E-state index in [-0.39, 0.29) is 0 Å². The van der Waals surface area contributed by atoms with E-state index >= 15 is 0 Å². The molecule has 0 spiro atoms. The van der Waals surface area contributed by atoms with Gasteiger partial charge in [-0.25, -0.2) is 9.97 Å². The van der Waals surface area contributed by atoms with Crippen LogP contribution in [-0.2, 0) is 0 Å². The van der Waals surface area contributed by atoms with Gasteiger partial charge in [-0.1, -0.05) is 43.5 Å². The molecule has 74 valence electrons. The predicted molar refractivity (Wildman–Crippen MR) is 62.5 cm³/mol. The van der Waals surface area contributed by atoms with Crippen molar-refractivity contribution in [2.45, 2.75) is 6.92 Å². The van der Waals surface area contributed by atoms with Crippen LogP contribution >= 0.6 is 0 Å². The third-order valence-electron chi connectivity index (χ3n) is 2.25. The Morgan fingerprint density at radius 2 is 1.67 bits per heavy atom. The fraction of sp³-hybridized carbons (Fsp3) is 0.0769. The average Bonchev–Trinajstić information content (AvgIpc) is 2.24. The molecule has 0 aliphatic heterocycles. The molecule has 0 atom stereocenters. The second kappa shape index (κ2) is 3.65. The first-order valence-corrected chi connectivity index (χ1v) is 4.76. The Hall–Kier alpha value is -1.96. The molecule has 2 nitrogen and oxygen atoms in total. The highest BCUT2D eigenvalue weighted by Gasteiger charge is 2.01.